The van der Waals surface area contributed by atoms with Crippen molar-refractivity contribution >= 4 is 29.5 Å². The van der Waals surface area contributed by atoms with Gasteiger partial charge in [-0.05, 0) is 118 Å². The lowest BCUT2D eigenvalue weighted by Crippen LogP contribution is -2.48. The van der Waals surface area contributed by atoms with Crippen LogP contribution in [0.4, 0.5) is 5.69 Å². The van der Waals surface area contributed by atoms with Gasteiger partial charge in [-0.3, -0.25) is 4.99 Å². The quantitative estimate of drug-likeness (QED) is 0.376. The smallest absolute Gasteiger partial charge is 0.337 e. The maximum Gasteiger partial charge on any atom is 0.337 e. The molecule has 4 aliphatic rings. The molecule has 2 aromatic carbocycles. The van der Waals surface area contributed by atoms with Crippen molar-refractivity contribution in [1.29, 1.82) is 0 Å². The Morgan fingerprint density at radius 1 is 1.00 bits per heavy atom. The highest BCUT2D eigenvalue weighted by Crippen LogP contribution is 2.60. The van der Waals surface area contributed by atoms with E-state index in [0.717, 1.165) is 46.1 Å². The fourth-order valence-electron chi connectivity index (χ4n) is 7.64. The van der Waals surface area contributed by atoms with Crippen LogP contribution in [0.3, 0.4) is 0 Å². The predicted octanol–water partition coefficient (Wildman–Crippen LogP) is 7.66. The molecule has 4 saturated carbocycles. The van der Waals surface area contributed by atoms with Gasteiger partial charge in [0.05, 0.1) is 16.3 Å². The molecule has 0 saturated heterocycles. The number of rotatable bonds is 5. The number of carboxylic acids is 1. The lowest BCUT2D eigenvalue weighted by molar-refractivity contribution is -0.00518. The zero-order valence-electron chi connectivity index (χ0n) is 20.3. The first-order valence-corrected chi connectivity index (χ1v) is 13.1. The molecule has 4 fully saturated rings. The minimum absolute atomic E-state index is 0.108. The largest absolute Gasteiger partial charge is 0.478 e. The number of hydrogen-bond donors (Lipinski definition) is 1. The molecule has 35 heavy (non-hydrogen) atoms. The van der Waals surface area contributed by atoms with E-state index < -0.39 is 5.97 Å². The summed E-state index contributed by atoms with van der Waals surface area (Å²) in [7, 11) is 0. The fraction of sp³-hybridized carbons (Fsp3) is 0.400. The number of nitrogens with zero attached hydrogens (tertiary/aromatic N) is 2. The van der Waals surface area contributed by atoms with Crippen molar-refractivity contribution in [2.24, 2.45) is 22.7 Å². The number of carboxylic acid groups (broad SMARTS) is 1. The molecule has 0 spiro atoms. The second kappa shape index (κ2) is 8.37. The molecule has 1 N–H and O–H groups in total. The van der Waals surface area contributed by atoms with Crippen LogP contribution in [0.15, 0.2) is 53.5 Å². The van der Waals surface area contributed by atoms with E-state index in [1.165, 1.54) is 44.1 Å². The Bertz CT molecular complexity index is 1300. The summed E-state index contributed by atoms with van der Waals surface area (Å²) in [6.45, 7) is 4.08. The van der Waals surface area contributed by atoms with Gasteiger partial charge >= 0.3 is 5.97 Å². The molecule has 0 aliphatic heterocycles. The number of halogens is 1. The second-order valence-electron chi connectivity index (χ2n) is 11.1. The Morgan fingerprint density at radius 2 is 1.63 bits per heavy atom. The van der Waals surface area contributed by atoms with Crippen LogP contribution < -0.4 is 0 Å². The molecular weight excluding hydrogens is 456 g/mol. The Morgan fingerprint density at radius 3 is 2.20 bits per heavy atom. The standard InChI is InChI=1S/C30H31ClN2O2/c1-18-9-23(19(2)33(18)26-7-8-27(29(34)35)28(31)13-26)17-32-25-5-3-24(4-6-25)30-14-20-10-21(15-30)12-22(11-20)16-30/h3-9,13,17,20-22H,10-12,14-16H2,1-2H3,(H,34,35). The number of aryl methyl sites for hydroxylation is 1. The van der Waals surface area contributed by atoms with Crippen LogP contribution in [0.5, 0.6) is 0 Å². The van der Waals surface area contributed by atoms with Gasteiger partial charge in [-0.25, -0.2) is 4.79 Å². The van der Waals surface area contributed by atoms with Gasteiger partial charge in [0.2, 0.25) is 0 Å². The predicted molar refractivity (Wildman–Crippen MR) is 141 cm³/mol. The molecule has 0 unspecified atom stereocenters. The highest BCUT2D eigenvalue weighted by molar-refractivity contribution is 6.33. The summed E-state index contributed by atoms with van der Waals surface area (Å²) in [5, 5.41) is 9.49. The van der Waals surface area contributed by atoms with Crippen LogP contribution in [0, 0.1) is 31.6 Å². The average Bonchev–Trinajstić information content (AvgIpc) is 3.09. The summed E-state index contributed by atoms with van der Waals surface area (Å²) in [6.07, 6.45) is 10.5. The number of carbonyl (C=O) groups is 1. The van der Waals surface area contributed by atoms with Crippen LogP contribution >= 0.6 is 11.6 Å². The highest BCUT2D eigenvalue weighted by Gasteiger charge is 2.51. The minimum atomic E-state index is -1.02. The molecule has 7 rings (SSSR count). The van der Waals surface area contributed by atoms with E-state index in [1.807, 2.05) is 20.1 Å². The maximum atomic E-state index is 11.3. The van der Waals surface area contributed by atoms with Crippen LogP contribution in [0.1, 0.15) is 71.4 Å². The van der Waals surface area contributed by atoms with Crippen LogP contribution in [0.25, 0.3) is 5.69 Å². The Hall–Kier alpha value is -2.85. The Kier molecular flexibility index (Phi) is 5.41. The average molecular weight is 487 g/mol. The van der Waals surface area contributed by atoms with Gasteiger partial charge in [0, 0.05) is 28.9 Å². The molecular formula is C30H31ClN2O2. The topological polar surface area (TPSA) is 54.6 Å². The second-order valence-corrected chi connectivity index (χ2v) is 11.5. The SMILES string of the molecule is Cc1cc(C=Nc2ccc(C34CC5CC(CC(C5)C3)C4)cc2)c(C)n1-c1ccc(C(=O)O)c(Cl)c1. The third kappa shape index (κ3) is 3.92. The number of aliphatic imine (C=N–C) groups is 1. The fourth-order valence-corrected chi connectivity index (χ4v) is 7.90. The molecule has 4 bridgehead atoms. The first-order chi connectivity index (χ1) is 16.8. The van der Waals surface area contributed by atoms with E-state index in [1.54, 1.807) is 18.2 Å². The van der Waals surface area contributed by atoms with E-state index in [2.05, 4.69) is 34.9 Å². The third-order valence-corrected chi connectivity index (χ3v) is 9.09. The minimum Gasteiger partial charge on any atom is -0.478 e. The molecule has 0 radical (unpaired) electrons. The molecule has 5 heteroatoms. The van der Waals surface area contributed by atoms with E-state index in [4.69, 9.17) is 16.6 Å². The third-order valence-electron chi connectivity index (χ3n) is 8.78. The normalized spacial score (nSPS) is 27.1. The first kappa shape index (κ1) is 22.6. The van der Waals surface area contributed by atoms with Gasteiger partial charge in [0.25, 0.3) is 0 Å². The van der Waals surface area contributed by atoms with E-state index in [9.17, 15) is 9.90 Å². The Balaban J connectivity index is 1.23. The molecule has 0 amide bonds. The van der Waals surface area contributed by atoms with Gasteiger partial charge in [0.1, 0.15) is 0 Å². The van der Waals surface area contributed by atoms with Gasteiger partial charge in [-0.2, -0.15) is 0 Å². The monoisotopic (exact) mass is 486 g/mol. The number of aromatic nitrogens is 1. The van der Waals surface area contributed by atoms with Crippen LogP contribution in [0.2, 0.25) is 5.02 Å². The van der Waals surface area contributed by atoms with Crippen molar-refractivity contribution in [3.8, 4) is 5.69 Å². The van der Waals surface area contributed by atoms with E-state index in [-0.39, 0.29) is 10.6 Å². The lowest BCUT2D eigenvalue weighted by atomic mass is 9.48. The van der Waals surface area contributed by atoms with Crippen molar-refractivity contribution in [3.63, 3.8) is 0 Å². The lowest BCUT2D eigenvalue weighted by Gasteiger charge is -2.57. The van der Waals surface area contributed by atoms with Gasteiger partial charge < -0.3 is 9.67 Å². The van der Waals surface area contributed by atoms with E-state index >= 15 is 0 Å². The summed E-state index contributed by atoms with van der Waals surface area (Å²) in [5.41, 5.74) is 6.97. The zero-order valence-corrected chi connectivity index (χ0v) is 21.1. The van der Waals surface area contributed by atoms with Crippen molar-refractivity contribution in [1.82, 2.24) is 4.57 Å². The number of hydrogen-bond acceptors (Lipinski definition) is 2. The molecule has 1 heterocycles. The van der Waals surface area contributed by atoms with Crippen LogP contribution in [-0.2, 0) is 5.41 Å². The van der Waals surface area contributed by atoms with Gasteiger partial charge in [-0.15, -0.1) is 0 Å². The Labute approximate surface area is 211 Å². The molecule has 3 aromatic rings. The van der Waals surface area contributed by atoms with Crippen molar-refractivity contribution in [3.05, 3.63) is 81.6 Å². The summed E-state index contributed by atoms with van der Waals surface area (Å²) < 4.78 is 2.08. The summed E-state index contributed by atoms with van der Waals surface area (Å²) in [5.74, 6) is 1.82. The number of benzene rings is 2. The van der Waals surface area contributed by atoms with Crippen molar-refractivity contribution in [2.45, 2.75) is 57.8 Å². The zero-order chi connectivity index (χ0) is 24.3. The molecule has 180 valence electrons. The summed E-state index contributed by atoms with van der Waals surface area (Å²) in [4.78, 5) is 16.1. The summed E-state index contributed by atoms with van der Waals surface area (Å²) in [6, 6.07) is 16.2. The van der Waals surface area contributed by atoms with E-state index in [0.29, 0.717) is 5.41 Å². The first-order valence-electron chi connectivity index (χ1n) is 12.7. The summed E-state index contributed by atoms with van der Waals surface area (Å²) >= 11 is 6.22. The molecule has 1 aromatic heterocycles. The molecule has 4 nitrogen and oxygen atoms in total. The maximum absolute atomic E-state index is 11.3. The highest BCUT2D eigenvalue weighted by atomic mass is 35.5. The van der Waals surface area contributed by atoms with Gasteiger partial charge in [-0.1, -0.05) is 23.7 Å². The van der Waals surface area contributed by atoms with Gasteiger partial charge in [0.15, 0.2) is 0 Å². The number of aromatic carboxylic acids is 1. The van der Waals surface area contributed by atoms with Crippen molar-refractivity contribution < 1.29 is 9.90 Å². The molecule has 0 atom stereocenters. The molecule has 4 aliphatic carbocycles. The van der Waals surface area contributed by atoms with Crippen molar-refractivity contribution in [2.75, 3.05) is 0 Å². The van der Waals surface area contributed by atoms with Crippen LogP contribution in [-0.4, -0.2) is 21.9 Å².